The number of hydrogen-bond donors (Lipinski definition) is 1. The summed E-state index contributed by atoms with van der Waals surface area (Å²) < 4.78 is 5.65. The van der Waals surface area contributed by atoms with Gasteiger partial charge in [0.05, 0.1) is 6.61 Å². The Balaban J connectivity index is 1.29. The Morgan fingerprint density at radius 2 is 2.06 bits per heavy atom. The second kappa shape index (κ2) is 8.68. The smallest absolute Gasteiger partial charge is 0.0514 e. The number of rotatable bonds is 11. The lowest BCUT2D eigenvalue weighted by atomic mass is 10.2. The lowest BCUT2D eigenvalue weighted by molar-refractivity contribution is 0.133. The average Bonchev–Trinajstić information content (AvgIpc) is 3.06. The lowest BCUT2D eigenvalue weighted by Gasteiger charge is -2.04. The van der Waals surface area contributed by atoms with Crippen molar-refractivity contribution < 1.29 is 4.74 Å². The van der Waals surface area contributed by atoms with E-state index in [4.69, 9.17) is 4.74 Å². The summed E-state index contributed by atoms with van der Waals surface area (Å²) in [5.41, 5.74) is 0. The van der Waals surface area contributed by atoms with Gasteiger partial charge in [0.15, 0.2) is 0 Å². The van der Waals surface area contributed by atoms with Crippen LogP contribution in [0, 0.1) is 0 Å². The van der Waals surface area contributed by atoms with Crippen LogP contribution in [0.5, 0.6) is 0 Å². The van der Waals surface area contributed by atoms with E-state index in [0.717, 1.165) is 25.7 Å². The van der Waals surface area contributed by atoms with Crippen LogP contribution in [-0.4, -0.2) is 25.8 Å². The molecule has 1 saturated carbocycles. The van der Waals surface area contributed by atoms with Crippen LogP contribution in [0.3, 0.4) is 0 Å². The molecule has 0 aliphatic heterocycles. The van der Waals surface area contributed by atoms with Crippen LogP contribution in [0.1, 0.15) is 43.4 Å². The summed E-state index contributed by atoms with van der Waals surface area (Å²) in [4.78, 5) is 1.43. The minimum absolute atomic E-state index is 0.866. The second-order valence-corrected chi connectivity index (χ2v) is 6.12. The Labute approximate surface area is 115 Å². The molecule has 0 aromatic carbocycles. The van der Waals surface area contributed by atoms with Crippen molar-refractivity contribution in [2.24, 2.45) is 0 Å². The summed E-state index contributed by atoms with van der Waals surface area (Å²) >= 11 is 1.82. The second-order valence-electron chi connectivity index (χ2n) is 5.08. The fourth-order valence-electron chi connectivity index (χ4n) is 2.01. The van der Waals surface area contributed by atoms with Gasteiger partial charge in [-0.2, -0.15) is 0 Å². The molecule has 18 heavy (non-hydrogen) atoms. The predicted octanol–water partition coefficient (Wildman–Crippen LogP) is 3.62. The summed E-state index contributed by atoms with van der Waals surface area (Å²) in [7, 11) is 0. The van der Waals surface area contributed by atoms with E-state index in [1.165, 1.54) is 49.9 Å². The van der Waals surface area contributed by atoms with Crippen LogP contribution < -0.4 is 5.32 Å². The number of unbranched alkanes of at least 4 members (excludes halogenated alkanes) is 3. The first-order chi connectivity index (χ1) is 8.95. The minimum Gasteiger partial charge on any atom is -0.381 e. The van der Waals surface area contributed by atoms with Crippen molar-refractivity contribution in [1.29, 1.82) is 0 Å². The minimum atomic E-state index is 0.866. The highest BCUT2D eigenvalue weighted by Gasteiger charge is 2.19. The van der Waals surface area contributed by atoms with Crippen molar-refractivity contribution >= 4 is 11.3 Å². The van der Waals surface area contributed by atoms with Crippen molar-refractivity contribution in [2.75, 3.05) is 19.8 Å². The Morgan fingerprint density at radius 3 is 2.83 bits per heavy atom. The van der Waals surface area contributed by atoms with E-state index in [1.54, 1.807) is 0 Å². The van der Waals surface area contributed by atoms with Crippen LogP contribution in [0.4, 0.5) is 0 Å². The maximum atomic E-state index is 5.65. The van der Waals surface area contributed by atoms with Gasteiger partial charge in [-0.15, -0.1) is 11.3 Å². The highest BCUT2D eigenvalue weighted by atomic mass is 32.1. The summed E-state index contributed by atoms with van der Waals surface area (Å²) in [6.07, 6.45) is 9.07. The van der Waals surface area contributed by atoms with Crippen LogP contribution in [0.2, 0.25) is 0 Å². The summed E-state index contributed by atoms with van der Waals surface area (Å²) in [5.74, 6) is 0. The first-order valence-corrected chi connectivity index (χ1v) is 8.16. The van der Waals surface area contributed by atoms with Gasteiger partial charge in [-0.3, -0.25) is 0 Å². The molecular weight excluding hydrogens is 242 g/mol. The van der Waals surface area contributed by atoms with Crippen LogP contribution in [-0.2, 0) is 11.2 Å². The number of nitrogens with one attached hydrogen (secondary N) is 1. The van der Waals surface area contributed by atoms with Crippen LogP contribution >= 0.6 is 11.3 Å². The highest BCUT2D eigenvalue weighted by molar-refractivity contribution is 7.09. The first kappa shape index (κ1) is 14.0. The number of ether oxygens (including phenoxy) is 1. The third-order valence-electron chi connectivity index (χ3n) is 3.30. The zero-order valence-corrected chi connectivity index (χ0v) is 12.0. The van der Waals surface area contributed by atoms with Gasteiger partial charge in [0.1, 0.15) is 0 Å². The van der Waals surface area contributed by atoms with E-state index in [-0.39, 0.29) is 0 Å². The van der Waals surface area contributed by atoms with Crippen LogP contribution in [0.25, 0.3) is 0 Å². The van der Waals surface area contributed by atoms with Gasteiger partial charge in [0.2, 0.25) is 0 Å². The highest BCUT2D eigenvalue weighted by Crippen LogP contribution is 2.18. The third kappa shape index (κ3) is 6.53. The van der Waals surface area contributed by atoms with Crippen molar-refractivity contribution in [3.8, 4) is 0 Å². The van der Waals surface area contributed by atoms with Gasteiger partial charge in [-0.05, 0) is 43.7 Å². The molecule has 0 radical (unpaired) electrons. The molecular formula is C15H25NOS. The molecule has 0 bridgehead atoms. The summed E-state index contributed by atoms with van der Waals surface area (Å²) in [6, 6.07) is 5.15. The summed E-state index contributed by atoms with van der Waals surface area (Å²) in [6.45, 7) is 3.02. The van der Waals surface area contributed by atoms with Gasteiger partial charge in [-0.25, -0.2) is 0 Å². The molecule has 0 unspecified atom stereocenters. The summed E-state index contributed by atoms with van der Waals surface area (Å²) in [5, 5.41) is 5.68. The maximum absolute atomic E-state index is 5.65. The molecule has 102 valence electrons. The van der Waals surface area contributed by atoms with Gasteiger partial charge in [0.25, 0.3) is 0 Å². The Hall–Kier alpha value is -0.380. The van der Waals surface area contributed by atoms with E-state index in [1.807, 2.05) is 11.3 Å². The van der Waals surface area contributed by atoms with Crippen LogP contribution in [0.15, 0.2) is 17.5 Å². The number of hydrogen-bond acceptors (Lipinski definition) is 3. The van der Waals surface area contributed by atoms with E-state index in [2.05, 4.69) is 22.8 Å². The molecule has 1 heterocycles. The van der Waals surface area contributed by atoms with E-state index in [9.17, 15) is 0 Å². The molecule has 0 atom stereocenters. The first-order valence-electron chi connectivity index (χ1n) is 7.28. The fourth-order valence-corrected chi connectivity index (χ4v) is 2.70. The van der Waals surface area contributed by atoms with E-state index < -0.39 is 0 Å². The molecule has 3 heteroatoms. The molecule has 0 saturated heterocycles. The Kier molecular flexibility index (Phi) is 6.77. The molecule has 1 aromatic rings. The lowest BCUT2D eigenvalue weighted by Crippen LogP contribution is -2.17. The normalized spacial score (nSPS) is 15.1. The monoisotopic (exact) mass is 267 g/mol. The van der Waals surface area contributed by atoms with E-state index in [0.29, 0.717) is 0 Å². The SMILES string of the molecule is c1csc(CCOCCCCCCNC2CC2)c1. The van der Waals surface area contributed by atoms with Crippen molar-refractivity contribution in [2.45, 2.75) is 51.0 Å². The fraction of sp³-hybridized carbons (Fsp3) is 0.733. The molecule has 2 nitrogen and oxygen atoms in total. The molecule has 1 N–H and O–H groups in total. The van der Waals surface area contributed by atoms with Gasteiger partial charge in [0, 0.05) is 23.9 Å². The molecule has 1 aromatic heterocycles. The van der Waals surface area contributed by atoms with E-state index >= 15 is 0 Å². The molecule has 1 aliphatic carbocycles. The Bertz CT molecular complexity index is 295. The molecule has 2 rings (SSSR count). The molecule has 1 fully saturated rings. The quantitative estimate of drug-likeness (QED) is 0.618. The van der Waals surface area contributed by atoms with Crippen molar-refractivity contribution in [1.82, 2.24) is 5.32 Å². The maximum Gasteiger partial charge on any atom is 0.0514 e. The standard InChI is InChI=1S/C15H25NOS/c1(3-10-16-14-7-8-14)2-4-11-17-12-9-15-6-5-13-18-15/h5-6,13-14,16H,1-4,7-12H2. The van der Waals surface area contributed by atoms with Gasteiger partial charge < -0.3 is 10.1 Å². The zero-order valence-electron chi connectivity index (χ0n) is 11.2. The predicted molar refractivity (Wildman–Crippen MR) is 78.3 cm³/mol. The molecule has 1 aliphatic rings. The zero-order chi connectivity index (χ0) is 12.5. The third-order valence-corrected chi connectivity index (χ3v) is 4.23. The Morgan fingerprint density at radius 1 is 1.17 bits per heavy atom. The average molecular weight is 267 g/mol. The van der Waals surface area contributed by atoms with Gasteiger partial charge in [-0.1, -0.05) is 18.9 Å². The molecule has 0 spiro atoms. The van der Waals surface area contributed by atoms with Gasteiger partial charge >= 0.3 is 0 Å². The topological polar surface area (TPSA) is 21.3 Å². The largest absolute Gasteiger partial charge is 0.381 e. The number of thiophene rings is 1. The molecule has 0 amide bonds. The van der Waals surface area contributed by atoms with Crippen molar-refractivity contribution in [3.63, 3.8) is 0 Å². The van der Waals surface area contributed by atoms with Crippen molar-refractivity contribution in [3.05, 3.63) is 22.4 Å².